The molecular weight excluding hydrogens is 719 g/mol. The van der Waals surface area contributed by atoms with Gasteiger partial charge < -0.3 is 24.8 Å². The maximum atomic E-state index is 2.65. The first-order valence-corrected chi connectivity index (χ1v) is 25.6. The third kappa shape index (κ3) is 7.26. The number of fused-ring (bicyclic) bond motifs is 2. The maximum absolute atomic E-state index is 2.65. The minimum Gasteiger partial charge on any atom is -1.00 e. The van der Waals surface area contributed by atoms with E-state index < -0.39 is 25.8 Å². The molecule has 2 atom stereocenters. The van der Waals surface area contributed by atoms with Gasteiger partial charge in [-0.3, -0.25) is 0 Å². The average molecular weight is 771 g/mol. The Morgan fingerprint density at radius 1 is 0.500 bits per heavy atom. The van der Waals surface area contributed by atoms with Gasteiger partial charge >= 0.3 is 289 Å². The van der Waals surface area contributed by atoms with E-state index in [2.05, 4.69) is 166 Å². The number of halogens is 2. The number of hydrogen-bond donors (Lipinski definition) is 0. The summed E-state index contributed by atoms with van der Waals surface area (Å²) in [5, 5.41) is 3.20. The van der Waals surface area contributed by atoms with Crippen LogP contribution in [-0.2, 0) is 20.4 Å². The molecule has 0 bridgehead atoms. The van der Waals surface area contributed by atoms with E-state index in [0.717, 1.165) is 0 Å². The van der Waals surface area contributed by atoms with Crippen molar-refractivity contribution in [2.45, 2.75) is 100 Å². The van der Waals surface area contributed by atoms with E-state index in [-0.39, 0.29) is 24.8 Å². The van der Waals surface area contributed by atoms with Crippen LogP contribution in [-0.4, -0.2) is 5.43 Å². The van der Waals surface area contributed by atoms with Crippen molar-refractivity contribution in [3.8, 4) is 0 Å². The van der Waals surface area contributed by atoms with Gasteiger partial charge in [-0.15, -0.1) is 0 Å². The minimum absolute atomic E-state index is 0. The summed E-state index contributed by atoms with van der Waals surface area (Å²) in [6.45, 7) is 24.0. The Kier molecular flexibility index (Phi) is 12.9. The molecule has 0 aromatic heterocycles. The van der Waals surface area contributed by atoms with E-state index in [4.69, 9.17) is 0 Å². The van der Waals surface area contributed by atoms with Crippen LogP contribution in [0.1, 0.15) is 145 Å². The zero-order valence-electron chi connectivity index (χ0n) is 30.5. The van der Waals surface area contributed by atoms with Crippen LogP contribution >= 0.6 is 0 Å². The third-order valence-corrected chi connectivity index (χ3v) is 31.6. The molecule has 0 saturated carbocycles. The Bertz CT molecular complexity index is 1730. The Hall–Kier alpha value is -1.96. The first kappa shape index (κ1) is 38.8. The average Bonchev–Trinajstić information content (AvgIpc) is 3.54. The Morgan fingerprint density at radius 2 is 0.854 bits per heavy atom. The molecule has 2 aliphatic carbocycles. The molecule has 0 radical (unpaired) electrons. The molecule has 48 heavy (non-hydrogen) atoms. The zero-order chi connectivity index (χ0) is 32.9. The molecule has 0 N–H and O–H groups in total. The molecule has 0 saturated heterocycles. The summed E-state index contributed by atoms with van der Waals surface area (Å²) in [6.07, 6.45) is 5.24. The summed E-state index contributed by atoms with van der Waals surface area (Å²) in [7, 11) is 0. The van der Waals surface area contributed by atoms with Gasteiger partial charge in [0, 0.05) is 0 Å². The van der Waals surface area contributed by atoms with Gasteiger partial charge in [0.25, 0.3) is 0 Å². The third-order valence-electron chi connectivity index (χ3n) is 10.4. The second-order valence-corrected chi connectivity index (χ2v) is 29.1. The van der Waals surface area contributed by atoms with Crippen LogP contribution in [0.5, 0.6) is 0 Å². The molecule has 0 fully saturated rings. The fraction of sp³-hybridized carbons (Fsp3) is 0.364. The Balaban J connectivity index is 0.00000260. The van der Waals surface area contributed by atoms with Crippen LogP contribution < -0.4 is 35.2 Å². The van der Waals surface area contributed by atoms with Gasteiger partial charge in [-0.2, -0.15) is 0 Å². The predicted octanol–water partition coefficient (Wildman–Crippen LogP) is 5.23. The monoisotopic (exact) mass is 768 g/mol. The molecule has 0 nitrogen and oxygen atoms in total. The molecule has 6 rings (SSSR count). The van der Waals surface area contributed by atoms with Crippen molar-refractivity contribution < 1.29 is 45.2 Å². The molecule has 0 heterocycles. The van der Waals surface area contributed by atoms with Crippen molar-refractivity contribution in [1.29, 1.82) is 0 Å². The topological polar surface area (TPSA) is 0 Å². The van der Waals surface area contributed by atoms with Gasteiger partial charge in [0.05, 0.1) is 0 Å². The standard InChI is InChI=1S/2C16H21.C12H10Si.2ClH.Zr/c2*1-10(2)13-8-14-6-12(5)7-16(14)15(9-13)11(3)4;1-3-7-11(8-4-1)13-12-9-5-2-6-10-12;;;/h2*6-11H,1-5H3;1-10H;2*1H;/q;;;;;+2/p-2. The largest absolute Gasteiger partial charge is 1.00 e. The summed E-state index contributed by atoms with van der Waals surface area (Å²) in [4.78, 5) is 0. The molecule has 4 aromatic rings. The molecule has 2 unspecified atom stereocenters. The van der Waals surface area contributed by atoms with Crippen molar-refractivity contribution in [1.82, 2.24) is 0 Å². The molecule has 250 valence electrons. The van der Waals surface area contributed by atoms with E-state index in [9.17, 15) is 0 Å². The van der Waals surface area contributed by atoms with E-state index in [1.165, 1.54) is 11.1 Å². The van der Waals surface area contributed by atoms with Gasteiger partial charge in [0.15, 0.2) is 0 Å². The molecule has 4 aromatic carbocycles. The second kappa shape index (κ2) is 15.9. The van der Waals surface area contributed by atoms with Crippen LogP contribution in [0.2, 0.25) is 0 Å². The predicted molar refractivity (Wildman–Crippen MR) is 200 cm³/mol. The molecule has 0 aliphatic heterocycles. The summed E-state index contributed by atoms with van der Waals surface area (Å²) < 4.78 is 1.10. The minimum atomic E-state index is -2.63. The van der Waals surface area contributed by atoms with Crippen LogP contribution in [0.3, 0.4) is 0 Å². The normalized spacial score (nSPS) is 16.2. The number of hydrogen-bond acceptors (Lipinski definition) is 0. The molecule has 0 spiro atoms. The molecule has 0 amide bonds. The van der Waals surface area contributed by atoms with Crippen molar-refractivity contribution in [2.24, 2.45) is 0 Å². The quantitative estimate of drug-likeness (QED) is 0.216. The number of allylic oxidation sites excluding steroid dienone is 2. The summed E-state index contributed by atoms with van der Waals surface area (Å²) >= 11 is -2.63. The van der Waals surface area contributed by atoms with E-state index in [1.54, 1.807) is 54.9 Å². The number of rotatable bonds is 8. The molecule has 2 aliphatic rings. The maximum Gasteiger partial charge on any atom is -1.00 e. The van der Waals surface area contributed by atoms with Crippen LogP contribution in [0, 0.1) is 0 Å². The van der Waals surface area contributed by atoms with Gasteiger partial charge in [-0.05, 0) is 0 Å². The number of benzene rings is 4. The van der Waals surface area contributed by atoms with E-state index >= 15 is 0 Å². The Morgan fingerprint density at radius 3 is 1.17 bits per heavy atom. The van der Waals surface area contributed by atoms with Gasteiger partial charge in [-0.25, -0.2) is 0 Å². The van der Waals surface area contributed by atoms with Crippen molar-refractivity contribution in [3.63, 3.8) is 0 Å². The van der Waals surface area contributed by atoms with Gasteiger partial charge in [0.2, 0.25) is 0 Å². The summed E-state index contributed by atoms with van der Waals surface area (Å²) in [5.74, 6) is 2.04. The molecular formula is C44H52Cl2SiZr. The summed E-state index contributed by atoms with van der Waals surface area (Å²) in [5.41, 5.74) is 14.7. The molecule has 4 heteroatoms. The van der Waals surface area contributed by atoms with E-state index in [0.29, 0.717) is 30.9 Å². The van der Waals surface area contributed by atoms with Crippen LogP contribution in [0.4, 0.5) is 0 Å². The van der Waals surface area contributed by atoms with E-state index in [1.807, 2.05) is 0 Å². The first-order valence-electron chi connectivity index (χ1n) is 17.5. The SMILES string of the molecule is CC1=Cc2c(C(C)C)cc(C(C)C)cc2[CH]1[Zr+2]([CH]1C(C)=Cc2c(C(C)C)cc(C(C)C)cc21)=[Si](c1ccccc1)c1ccccc1.[Cl-].[Cl-]. The fourth-order valence-corrected chi connectivity index (χ4v) is 33.2. The van der Waals surface area contributed by atoms with Gasteiger partial charge in [-0.1, -0.05) is 0 Å². The van der Waals surface area contributed by atoms with Gasteiger partial charge in [0.1, 0.15) is 0 Å². The fourth-order valence-electron chi connectivity index (χ4n) is 7.98. The second-order valence-electron chi connectivity index (χ2n) is 15.0. The van der Waals surface area contributed by atoms with Crippen LogP contribution in [0.15, 0.2) is 96.1 Å². The Labute approximate surface area is 311 Å². The van der Waals surface area contributed by atoms with Crippen molar-refractivity contribution in [3.05, 3.63) is 141 Å². The zero-order valence-corrected chi connectivity index (χ0v) is 35.4. The van der Waals surface area contributed by atoms with Crippen LogP contribution in [0.25, 0.3) is 12.2 Å². The van der Waals surface area contributed by atoms with Crippen molar-refractivity contribution >= 4 is 28.0 Å². The summed E-state index contributed by atoms with van der Waals surface area (Å²) in [6, 6.07) is 33.8. The van der Waals surface area contributed by atoms with Crippen molar-refractivity contribution in [2.75, 3.05) is 0 Å². The first-order chi connectivity index (χ1) is 22.0. The smallest absolute Gasteiger partial charge is 1.00 e.